The molecule has 32 heavy (non-hydrogen) atoms. The normalized spacial score (nSPS) is 14.1. The van der Waals surface area contributed by atoms with Gasteiger partial charge >= 0.3 is 5.97 Å². The summed E-state index contributed by atoms with van der Waals surface area (Å²) in [6.07, 6.45) is 0. The van der Waals surface area contributed by atoms with Crippen LogP contribution in [0.15, 0.2) is 72.8 Å². The summed E-state index contributed by atoms with van der Waals surface area (Å²) in [5, 5.41) is 9.12. The first-order valence-corrected chi connectivity index (χ1v) is 10.2. The minimum atomic E-state index is -0.626. The average Bonchev–Trinajstić information content (AvgIpc) is 2.82. The van der Waals surface area contributed by atoms with Gasteiger partial charge in [0.2, 0.25) is 0 Å². The molecule has 0 bridgehead atoms. The van der Waals surface area contributed by atoms with Gasteiger partial charge in [-0.05, 0) is 52.6 Å². The van der Waals surface area contributed by atoms with Gasteiger partial charge in [-0.3, -0.25) is 0 Å². The van der Waals surface area contributed by atoms with Crippen LogP contribution in [0.3, 0.4) is 0 Å². The van der Waals surface area contributed by atoms with Crippen molar-refractivity contribution in [2.75, 3.05) is 26.9 Å². The van der Waals surface area contributed by atoms with Gasteiger partial charge in [0, 0.05) is 0 Å². The molecule has 1 aliphatic heterocycles. The maximum atomic E-state index is 11.4. The van der Waals surface area contributed by atoms with Crippen LogP contribution in [-0.2, 0) is 31.2 Å². The zero-order valence-electron chi connectivity index (χ0n) is 17.7. The predicted molar refractivity (Wildman–Crippen MR) is 118 cm³/mol. The highest BCUT2D eigenvalue weighted by molar-refractivity contribution is 5.70. The van der Waals surface area contributed by atoms with Crippen molar-refractivity contribution < 1.29 is 23.7 Å². The monoisotopic (exact) mass is 429 g/mol. The lowest BCUT2D eigenvalue weighted by Gasteiger charge is -2.41. The molecule has 4 rings (SSSR count). The number of hydrogen-bond acceptors (Lipinski definition) is 6. The molecule has 0 aliphatic carbocycles. The Kier molecular flexibility index (Phi) is 6.50. The van der Waals surface area contributed by atoms with E-state index < -0.39 is 11.6 Å². The van der Waals surface area contributed by atoms with Crippen LogP contribution in [0.25, 0.3) is 11.1 Å². The van der Waals surface area contributed by atoms with E-state index in [1.54, 1.807) is 6.07 Å². The van der Waals surface area contributed by atoms with Crippen LogP contribution >= 0.6 is 0 Å². The summed E-state index contributed by atoms with van der Waals surface area (Å²) in [6, 6.07) is 25.4. The van der Waals surface area contributed by atoms with Gasteiger partial charge in [-0.2, -0.15) is 5.26 Å². The topological polar surface area (TPSA) is 77.8 Å². The van der Waals surface area contributed by atoms with E-state index >= 15 is 0 Å². The van der Waals surface area contributed by atoms with Crippen molar-refractivity contribution >= 4 is 5.97 Å². The van der Waals surface area contributed by atoms with E-state index in [9.17, 15) is 4.79 Å². The lowest BCUT2D eigenvalue weighted by Crippen LogP contribution is -2.49. The Bertz CT molecular complexity index is 1130. The van der Waals surface area contributed by atoms with Crippen LogP contribution in [0.2, 0.25) is 0 Å². The molecule has 0 atom stereocenters. The quantitative estimate of drug-likeness (QED) is 0.499. The van der Waals surface area contributed by atoms with Crippen molar-refractivity contribution in [1.29, 1.82) is 5.26 Å². The molecule has 0 saturated carbocycles. The van der Waals surface area contributed by atoms with Crippen molar-refractivity contribution in [2.24, 2.45) is 0 Å². The Morgan fingerprint density at radius 2 is 1.75 bits per heavy atom. The molecule has 1 heterocycles. The third-order valence-electron chi connectivity index (χ3n) is 5.40. The molecular formula is C26H23NO5. The molecule has 1 saturated heterocycles. The van der Waals surface area contributed by atoms with Crippen LogP contribution in [0.1, 0.15) is 16.7 Å². The summed E-state index contributed by atoms with van der Waals surface area (Å²) in [6.45, 7) is 1.08. The number of carbonyl (C=O) groups excluding carboxylic acids is 1. The van der Waals surface area contributed by atoms with Gasteiger partial charge < -0.3 is 18.9 Å². The molecule has 162 valence electrons. The molecule has 1 aliphatic rings. The molecule has 0 spiro atoms. The number of carbonyl (C=O) groups is 1. The Morgan fingerprint density at radius 3 is 2.41 bits per heavy atom. The lowest BCUT2D eigenvalue weighted by molar-refractivity contribution is -0.220. The number of benzene rings is 3. The first-order chi connectivity index (χ1) is 15.6. The van der Waals surface area contributed by atoms with Crippen molar-refractivity contribution in [3.63, 3.8) is 0 Å². The second-order valence-electron chi connectivity index (χ2n) is 7.56. The van der Waals surface area contributed by atoms with Gasteiger partial charge in [-0.15, -0.1) is 0 Å². The van der Waals surface area contributed by atoms with Crippen LogP contribution < -0.4 is 4.74 Å². The van der Waals surface area contributed by atoms with Crippen molar-refractivity contribution in [1.82, 2.24) is 0 Å². The van der Waals surface area contributed by atoms with E-state index in [0.717, 1.165) is 28.0 Å². The highest BCUT2D eigenvalue weighted by Gasteiger charge is 2.42. The van der Waals surface area contributed by atoms with Crippen molar-refractivity contribution in [2.45, 2.75) is 12.2 Å². The molecule has 6 nitrogen and oxygen atoms in total. The minimum Gasteiger partial charge on any atom is -0.489 e. The molecular weight excluding hydrogens is 406 g/mol. The molecule has 1 fully saturated rings. The Morgan fingerprint density at radius 1 is 1.03 bits per heavy atom. The largest absolute Gasteiger partial charge is 0.489 e. The molecule has 6 heteroatoms. The Hall–Kier alpha value is -3.66. The predicted octanol–water partition coefficient (Wildman–Crippen LogP) is 4.22. The van der Waals surface area contributed by atoms with Gasteiger partial charge in [-0.25, -0.2) is 4.79 Å². The summed E-state index contributed by atoms with van der Waals surface area (Å²) in [7, 11) is 1.33. The van der Waals surface area contributed by atoms with E-state index in [-0.39, 0.29) is 6.61 Å². The summed E-state index contributed by atoms with van der Waals surface area (Å²) >= 11 is 0. The number of esters is 1. The second-order valence-corrected chi connectivity index (χ2v) is 7.56. The van der Waals surface area contributed by atoms with E-state index in [1.165, 1.54) is 7.11 Å². The maximum Gasteiger partial charge on any atom is 0.331 e. The van der Waals surface area contributed by atoms with Gasteiger partial charge in [0.1, 0.15) is 24.6 Å². The number of hydrogen-bond donors (Lipinski definition) is 0. The fraction of sp³-hybridized carbons (Fsp3) is 0.231. The van der Waals surface area contributed by atoms with Gasteiger partial charge in [0.05, 0.1) is 32.0 Å². The number of nitrogens with zero attached hydrogens (tertiary/aromatic N) is 1. The highest BCUT2D eigenvalue weighted by Crippen LogP contribution is 2.34. The van der Waals surface area contributed by atoms with Crippen LogP contribution in [0.4, 0.5) is 0 Å². The fourth-order valence-electron chi connectivity index (χ4n) is 3.51. The first-order valence-electron chi connectivity index (χ1n) is 10.2. The zero-order chi connectivity index (χ0) is 22.4. The van der Waals surface area contributed by atoms with E-state index in [4.69, 9.17) is 19.5 Å². The van der Waals surface area contributed by atoms with Crippen LogP contribution in [-0.4, -0.2) is 32.9 Å². The number of ether oxygens (including phenoxy) is 4. The third kappa shape index (κ3) is 4.80. The third-order valence-corrected chi connectivity index (χ3v) is 5.40. The minimum absolute atomic E-state index is 0.119. The summed E-state index contributed by atoms with van der Waals surface area (Å²) in [4.78, 5) is 11.4. The number of methoxy groups -OCH3 is 1. The van der Waals surface area contributed by atoms with E-state index in [2.05, 4.69) is 16.9 Å². The number of nitriles is 1. The molecule has 0 amide bonds. The Labute approximate surface area is 186 Å². The second kappa shape index (κ2) is 9.65. The molecule has 0 radical (unpaired) electrons. The van der Waals surface area contributed by atoms with E-state index in [0.29, 0.717) is 25.4 Å². The van der Waals surface area contributed by atoms with E-state index in [1.807, 2.05) is 60.7 Å². The van der Waals surface area contributed by atoms with Crippen molar-refractivity contribution in [3.8, 4) is 22.9 Å². The molecule has 3 aromatic rings. The standard InChI is InChI=1S/C26H23NO5/c1-29-25(28)16-32-26(17-30-18-26)23-8-10-24(11-9-23)31-15-20-5-3-7-22(13-20)21-6-2-4-19(12-21)14-27/h2-13H,15-18H2,1H3. The number of rotatable bonds is 8. The maximum absolute atomic E-state index is 11.4. The lowest BCUT2D eigenvalue weighted by atomic mass is 9.91. The molecule has 0 N–H and O–H groups in total. The summed E-state index contributed by atoms with van der Waals surface area (Å²) in [5.74, 6) is 0.312. The van der Waals surface area contributed by atoms with Crippen LogP contribution in [0, 0.1) is 11.3 Å². The smallest absolute Gasteiger partial charge is 0.331 e. The van der Waals surface area contributed by atoms with Gasteiger partial charge in [-0.1, -0.05) is 42.5 Å². The van der Waals surface area contributed by atoms with Crippen molar-refractivity contribution in [3.05, 3.63) is 89.5 Å². The average molecular weight is 429 g/mol. The molecule has 0 unspecified atom stereocenters. The first kappa shape index (κ1) is 21.6. The highest BCUT2D eigenvalue weighted by atomic mass is 16.6. The summed E-state index contributed by atoms with van der Waals surface area (Å²) in [5.41, 5.74) is 4.00. The summed E-state index contributed by atoms with van der Waals surface area (Å²) < 4.78 is 21.7. The SMILES string of the molecule is COC(=O)COC1(c2ccc(OCc3cccc(-c4cccc(C#N)c4)c3)cc2)COC1. The van der Waals surface area contributed by atoms with Gasteiger partial charge in [0.25, 0.3) is 0 Å². The molecule has 3 aromatic carbocycles. The molecule has 0 aromatic heterocycles. The fourth-order valence-corrected chi connectivity index (χ4v) is 3.51. The van der Waals surface area contributed by atoms with Crippen LogP contribution in [0.5, 0.6) is 5.75 Å². The van der Waals surface area contributed by atoms with Gasteiger partial charge in [0.15, 0.2) is 0 Å². The zero-order valence-corrected chi connectivity index (χ0v) is 17.7. The Balaban J connectivity index is 1.40.